The van der Waals surface area contributed by atoms with Crippen molar-refractivity contribution in [2.45, 2.75) is 50.7 Å². The molecule has 4 rings (SSSR count). The van der Waals surface area contributed by atoms with Crippen LogP contribution in [0.3, 0.4) is 0 Å². The van der Waals surface area contributed by atoms with Gasteiger partial charge in [-0.15, -0.1) is 21.5 Å². The van der Waals surface area contributed by atoms with Crippen molar-refractivity contribution < 1.29 is 18.7 Å². The number of nitrogens with zero attached hydrogens (tertiary/aromatic N) is 4. The number of aryl methyl sites for hydroxylation is 1. The summed E-state index contributed by atoms with van der Waals surface area (Å²) in [4.78, 5) is 25.7. The molecule has 11 heteroatoms. The van der Waals surface area contributed by atoms with E-state index in [1.807, 2.05) is 11.5 Å². The van der Waals surface area contributed by atoms with Gasteiger partial charge in [0.05, 0.1) is 17.6 Å². The van der Waals surface area contributed by atoms with Crippen molar-refractivity contribution in [1.82, 2.24) is 14.8 Å². The van der Waals surface area contributed by atoms with Crippen LogP contribution in [0, 0.1) is 11.3 Å². The molecule has 0 aromatic carbocycles. The highest BCUT2D eigenvalue weighted by molar-refractivity contribution is 7.99. The highest BCUT2D eigenvalue weighted by Crippen LogP contribution is 2.37. The monoisotopic (exact) mass is 485 g/mol. The van der Waals surface area contributed by atoms with Crippen LogP contribution < -0.4 is 5.32 Å². The Bertz CT molecular complexity index is 1180. The zero-order valence-electron chi connectivity index (χ0n) is 18.1. The number of carbonyl (C=O) groups excluding carboxylic acids is 2. The van der Waals surface area contributed by atoms with E-state index in [-0.39, 0.29) is 5.75 Å². The second kappa shape index (κ2) is 10.7. The number of esters is 1. The second-order valence-electron chi connectivity index (χ2n) is 7.41. The Labute approximate surface area is 199 Å². The number of nitrogens with one attached hydrogen (secondary N) is 1. The third-order valence-electron chi connectivity index (χ3n) is 5.24. The maximum absolute atomic E-state index is 12.3. The summed E-state index contributed by atoms with van der Waals surface area (Å²) in [7, 11) is 0. The summed E-state index contributed by atoms with van der Waals surface area (Å²) >= 11 is 2.63. The molecule has 3 aromatic rings. The molecule has 0 radical (unpaired) electrons. The van der Waals surface area contributed by atoms with E-state index < -0.39 is 18.5 Å². The lowest BCUT2D eigenvalue weighted by molar-refractivity contribution is -0.144. The molecule has 1 aliphatic carbocycles. The van der Waals surface area contributed by atoms with Gasteiger partial charge in [-0.25, -0.2) is 0 Å². The Hall–Kier alpha value is -3.10. The first-order chi connectivity index (χ1) is 16.1. The third-order valence-corrected chi connectivity index (χ3v) is 7.39. The number of fused-ring (bicyclic) bond motifs is 1. The Morgan fingerprint density at radius 2 is 2.18 bits per heavy atom. The van der Waals surface area contributed by atoms with Crippen LogP contribution in [0.4, 0.5) is 5.00 Å². The molecule has 1 N–H and O–H groups in total. The van der Waals surface area contributed by atoms with Crippen LogP contribution in [0.2, 0.25) is 0 Å². The number of nitriles is 1. The number of ether oxygens (including phenoxy) is 1. The molecule has 0 unspecified atom stereocenters. The minimum atomic E-state index is -0.539. The zero-order valence-corrected chi connectivity index (χ0v) is 19.8. The van der Waals surface area contributed by atoms with Gasteiger partial charge in [0.25, 0.3) is 5.91 Å². The minimum Gasteiger partial charge on any atom is -0.461 e. The van der Waals surface area contributed by atoms with E-state index in [2.05, 4.69) is 21.6 Å². The maximum atomic E-state index is 12.3. The van der Waals surface area contributed by atoms with Gasteiger partial charge in [-0.05, 0) is 50.3 Å². The fourth-order valence-corrected chi connectivity index (χ4v) is 5.75. The second-order valence-corrected chi connectivity index (χ2v) is 9.45. The molecule has 0 aliphatic heterocycles. The summed E-state index contributed by atoms with van der Waals surface area (Å²) in [6.45, 7) is 2.14. The summed E-state index contributed by atoms with van der Waals surface area (Å²) in [6, 6.07) is 5.79. The van der Waals surface area contributed by atoms with Crippen LogP contribution >= 0.6 is 23.1 Å². The molecular formula is C22H23N5O4S2. The molecule has 1 amide bonds. The molecule has 3 aromatic heterocycles. The van der Waals surface area contributed by atoms with Crippen molar-refractivity contribution in [3.63, 3.8) is 0 Å². The van der Waals surface area contributed by atoms with E-state index in [0.29, 0.717) is 33.9 Å². The van der Waals surface area contributed by atoms with Gasteiger partial charge in [0.1, 0.15) is 11.1 Å². The van der Waals surface area contributed by atoms with Crippen molar-refractivity contribution in [1.29, 1.82) is 5.26 Å². The number of furan rings is 1. The van der Waals surface area contributed by atoms with Gasteiger partial charge in [-0.1, -0.05) is 18.2 Å². The summed E-state index contributed by atoms with van der Waals surface area (Å²) in [5.41, 5.74) is 1.59. The lowest BCUT2D eigenvalue weighted by Crippen LogP contribution is -2.21. The average molecular weight is 486 g/mol. The molecule has 0 saturated heterocycles. The summed E-state index contributed by atoms with van der Waals surface area (Å²) in [6.07, 6.45) is 6.65. The molecule has 33 heavy (non-hydrogen) atoms. The Morgan fingerprint density at radius 1 is 1.33 bits per heavy atom. The van der Waals surface area contributed by atoms with Gasteiger partial charge in [0.15, 0.2) is 23.3 Å². The highest BCUT2D eigenvalue weighted by Gasteiger charge is 2.22. The van der Waals surface area contributed by atoms with Crippen molar-refractivity contribution in [2.75, 3.05) is 17.7 Å². The standard InChI is InChI=1S/C22H23N5O4S2/c1-2-27-20(16-8-6-10-30-16)25-26-22(27)32-13-19(29)31-12-18(28)24-21-15(11-23)14-7-4-3-5-9-17(14)33-21/h6,8,10H,2-5,7,9,12-13H2,1H3,(H,24,28). The van der Waals surface area contributed by atoms with Gasteiger partial charge in [-0.3, -0.25) is 14.2 Å². The van der Waals surface area contributed by atoms with Crippen LogP contribution in [0.25, 0.3) is 11.6 Å². The highest BCUT2D eigenvalue weighted by atomic mass is 32.2. The SMILES string of the molecule is CCn1c(SCC(=O)OCC(=O)Nc2sc3c(c2C#N)CCCCC3)nnc1-c1ccco1. The normalized spacial score (nSPS) is 13.1. The van der Waals surface area contributed by atoms with E-state index in [1.54, 1.807) is 18.4 Å². The Balaban J connectivity index is 1.29. The number of carbonyl (C=O) groups is 2. The number of hydrogen-bond acceptors (Lipinski definition) is 9. The smallest absolute Gasteiger partial charge is 0.316 e. The van der Waals surface area contributed by atoms with Gasteiger partial charge in [0, 0.05) is 11.4 Å². The number of anilines is 1. The van der Waals surface area contributed by atoms with Crippen molar-refractivity contribution >= 4 is 40.0 Å². The molecule has 0 spiro atoms. The molecule has 9 nitrogen and oxygen atoms in total. The zero-order chi connectivity index (χ0) is 23.2. The minimum absolute atomic E-state index is 0.0136. The van der Waals surface area contributed by atoms with Crippen LogP contribution in [-0.2, 0) is 33.7 Å². The molecular weight excluding hydrogens is 462 g/mol. The van der Waals surface area contributed by atoms with E-state index in [9.17, 15) is 14.9 Å². The predicted molar refractivity (Wildman–Crippen MR) is 124 cm³/mol. The van der Waals surface area contributed by atoms with E-state index in [4.69, 9.17) is 9.15 Å². The van der Waals surface area contributed by atoms with E-state index in [0.717, 1.165) is 37.7 Å². The van der Waals surface area contributed by atoms with E-state index in [1.165, 1.54) is 28.0 Å². The first kappa shape index (κ1) is 23.1. The molecule has 0 atom stereocenters. The summed E-state index contributed by atoms with van der Waals surface area (Å²) < 4.78 is 12.3. The summed E-state index contributed by atoms with van der Waals surface area (Å²) in [5.74, 6) is 0.166. The third kappa shape index (κ3) is 5.29. The van der Waals surface area contributed by atoms with Crippen LogP contribution in [0.5, 0.6) is 0 Å². The first-order valence-electron chi connectivity index (χ1n) is 10.7. The molecule has 0 saturated carbocycles. The lowest BCUT2D eigenvalue weighted by Gasteiger charge is -2.07. The van der Waals surface area contributed by atoms with E-state index >= 15 is 0 Å². The molecule has 1 aliphatic rings. The van der Waals surface area contributed by atoms with Crippen molar-refractivity contribution in [3.05, 3.63) is 34.4 Å². The number of amides is 1. The molecule has 172 valence electrons. The Morgan fingerprint density at radius 3 is 2.94 bits per heavy atom. The molecule has 0 bridgehead atoms. The topological polar surface area (TPSA) is 123 Å². The quantitative estimate of drug-likeness (QED) is 0.288. The number of hydrogen-bond donors (Lipinski definition) is 1. The predicted octanol–water partition coefficient (Wildman–Crippen LogP) is 4.03. The van der Waals surface area contributed by atoms with Crippen molar-refractivity contribution in [2.24, 2.45) is 0 Å². The average Bonchev–Trinajstić information content (AvgIpc) is 3.51. The number of rotatable bonds is 8. The fraction of sp³-hybridized carbons (Fsp3) is 0.409. The van der Waals surface area contributed by atoms with Crippen molar-refractivity contribution in [3.8, 4) is 17.7 Å². The maximum Gasteiger partial charge on any atom is 0.316 e. The largest absolute Gasteiger partial charge is 0.461 e. The van der Waals surface area contributed by atoms with Crippen LogP contribution in [0.15, 0.2) is 28.0 Å². The first-order valence-corrected chi connectivity index (χ1v) is 12.5. The molecule has 0 fully saturated rings. The Kier molecular flexibility index (Phi) is 7.47. The van der Waals surface area contributed by atoms with Gasteiger partial charge in [-0.2, -0.15) is 5.26 Å². The van der Waals surface area contributed by atoms with Crippen LogP contribution in [0.1, 0.15) is 42.2 Å². The summed E-state index contributed by atoms with van der Waals surface area (Å²) in [5, 5.41) is 21.7. The van der Waals surface area contributed by atoms with Gasteiger partial charge >= 0.3 is 5.97 Å². The number of aromatic nitrogens is 3. The lowest BCUT2D eigenvalue weighted by atomic mass is 10.1. The molecule has 3 heterocycles. The fourth-order valence-electron chi connectivity index (χ4n) is 3.69. The van der Waals surface area contributed by atoms with Gasteiger partial charge < -0.3 is 14.5 Å². The van der Waals surface area contributed by atoms with Crippen LogP contribution in [-0.4, -0.2) is 39.0 Å². The van der Waals surface area contributed by atoms with Gasteiger partial charge in [0.2, 0.25) is 0 Å². The number of thioether (sulfide) groups is 1. The number of thiophene rings is 1.